The van der Waals surface area contributed by atoms with Gasteiger partial charge in [0.2, 0.25) is 5.91 Å². The maximum absolute atomic E-state index is 11.9. The Morgan fingerprint density at radius 2 is 2.25 bits per heavy atom. The molecule has 1 aromatic rings. The van der Waals surface area contributed by atoms with Gasteiger partial charge in [-0.2, -0.15) is 0 Å². The average Bonchev–Trinajstić information content (AvgIpc) is 2.35. The van der Waals surface area contributed by atoms with Crippen molar-refractivity contribution in [3.8, 4) is 0 Å². The molecule has 3 N–H and O–H groups in total. The molecule has 1 fully saturated rings. The molecule has 1 atom stereocenters. The summed E-state index contributed by atoms with van der Waals surface area (Å²) in [6.45, 7) is 2.67. The molecule has 4 heteroatoms. The summed E-state index contributed by atoms with van der Waals surface area (Å²) < 4.78 is 1.10. The average molecular weight is 339 g/mol. The summed E-state index contributed by atoms with van der Waals surface area (Å²) in [6.07, 6.45) is 4.80. The van der Waals surface area contributed by atoms with Gasteiger partial charge in [0.05, 0.1) is 0 Å². The van der Waals surface area contributed by atoms with Gasteiger partial charge in [-0.05, 0) is 43.9 Å². The monoisotopic (exact) mass is 338 g/mol. The van der Waals surface area contributed by atoms with Crippen LogP contribution in [0.25, 0.3) is 0 Å². The van der Waals surface area contributed by atoms with E-state index < -0.39 is 0 Å². The molecule has 1 aliphatic carbocycles. The number of benzene rings is 1. The van der Waals surface area contributed by atoms with Crippen LogP contribution in [0.4, 0.5) is 0 Å². The van der Waals surface area contributed by atoms with Gasteiger partial charge in [0.1, 0.15) is 0 Å². The van der Waals surface area contributed by atoms with E-state index in [2.05, 4.69) is 39.4 Å². The van der Waals surface area contributed by atoms with Crippen LogP contribution in [-0.4, -0.2) is 18.5 Å². The topological polar surface area (TPSA) is 55.1 Å². The number of halogens is 1. The third kappa shape index (κ3) is 3.83. The Hall–Kier alpha value is -0.870. The quantitative estimate of drug-likeness (QED) is 0.837. The summed E-state index contributed by atoms with van der Waals surface area (Å²) in [7, 11) is 0. The van der Waals surface area contributed by atoms with Crippen molar-refractivity contribution in [3.63, 3.8) is 0 Å². The summed E-state index contributed by atoms with van der Waals surface area (Å²) in [6, 6.07) is 8.53. The minimum atomic E-state index is 0.0866. The minimum absolute atomic E-state index is 0.0866. The number of carbonyl (C=O) groups excluding carboxylic acids is 1. The lowest BCUT2D eigenvalue weighted by Crippen LogP contribution is -2.45. The number of hydrogen-bond donors (Lipinski definition) is 2. The molecular weight excluding hydrogens is 316 g/mol. The van der Waals surface area contributed by atoms with Crippen molar-refractivity contribution < 1.29 is 4.79 Å². The Labute approximate surface area is 129 Å². The third-order valence-corrected chi connectivity index (χ3v) is 4.69. The Bertz CT molecular complexity index is 469. The maximum atomic E-state index is 11.9. The van der Waals surface area contributed by atoms with E-state index in [4.69, 9.17) is 5.73 Å². The fraction of sp³-hybridized carbons (Fsp3) is 0.562. The Balaban J connectivity index is 1.94. The van der Waals surface area contributed by atoms with Gasteiger partial charge in [-0.25, -0.2) is 0 Å². The van der Waals surface area contributed by atoms with Crippen LogP contribution >= 0.6 is 15.9 Å². The van der Waals surface area contributed by atoms with E-state index in [1.165, 1.54) is 12.0 Å². The summed E-state index contributed by atoms with van der Waals surface area (Å²) in [5, 5.41) is 3.09. The zero-order valence-electron chi connectivity index (χ0n) is 12.0. The molecule has 1 saturated carbocycles. The van der Waals surface area contributed by atoms with Crippen LogP contribution in [0.5, 0.6) is 0 Å². The molecule has 1 aliphatic rings. The minimum Gasteiger partial charge on any atom is -0.355 e. The van der Waals surface area contributed by atoms with E-state index in [-0.39, 0.29) is 17.4 Å². The first kappa shape index (κ1) is 15.5. The van der Waals surface area contributed by atoms with Gasteiger partial charge in [-0.15, -0.1) is 0 Å². The maximum Gasteiger partial charge on any atom is 0.220 e. The second-order valence-electron chi connectivity index (χ2n) is 5.94. The number of rotatable bonds is 6. The molecular formula is C16H23BrN2O. The second-order valence-corrected chi connectivity index (χ2v) is 6.85. The van der Waals surface area contributed by atoms with Crippen LogP contribution in [0, 0.1) is 0 Å². The van der Waals surface area contributed by atoms with Crippen molar-refractivity contribution in [2.24, 2.45) is 5.73 Å². The molecule has 0 bridgehead atoms. The molecule has 3 nitrogen and oxygen atoms in total. The molecule has 0 saturated heterocycles. The molecule has 1 aromatic carbocycles. The highest BCUT2D eigenvalue weighted by atomic mass is 79.9. The standard InChI is InChI=1S/C16H23BrN2O/c1-12(18)6-7-15(20)19-11-16(8-3-9-16)13-4-2-5-14(17)10-13/h2,4-5,10,12H,3,6-9,11,18H2,1H3,(H,19,20). The number of carbonyl (C=O) groups is 1. The van der Waals surface area contributed by atoms with Gasteiger partial charge < -0.3 is 11.1 Å². The molecule has 1 amide bonds. The first-order valence-corrected chi connectivity index (χ1v) is 8.09. The van der Waals surface area contributed by atoms with Crippen LogP contribution < -0.4 is 11.1 Å². The lowest BCUT2D eigenvalue weighted by atomic mass is 9.64. The van der Waals surface area contributed by atoms with Crippen molar-refractivity contribution in [2.45, 2.75) is 50.5 Å². The van der Waals surface area contributed by atoms with Crippen molar-refractivity contribution in [1.29, 1.82) is 0 Å². The summed E-state index contributed by atoms with van der Waals surface area (Å²) in [4.78, 5) is 11.9. The lowest BCUT2D eigenvalue weighted by Gasteiger charge is -2.42. The summed E-state index contributed by atoms with van der Waals surface area (Å²) in [5.74, 6) is 0.114. The van der Waals surface area contributed by atoms with Gasteiger partial charge in [0.25, 0.3) is 0 Å². The predicted molar refractivity (Wildman–Crippen MR) is 85.6 cm³/mol. The normalized spacial score (nSPS) is 18.1. The van der Waals surface area contributed by atoms with E-state index in [1.807, 2.05) is 13.0 Å². The number of nitrogens with one attached hydrogen (secondary N) is 1. The first-order chi connectivity index (χ1) is 9.52. The Morgan fingerprint density at radius 1 is 1.50 bits per heavy atom. The lowest BCUT2D eigenvalue weighted by molar-refractivity contribution is -0.121. The molecule has 1 unspecified atom stereocenters. The predicted octanol–water partition coefficient (Wildman–Crippen LogP) is 3.11. The van der Waals surface area contributed by atoms with E-state index in [0.717, 1.165) is 30.3 Å². The summed E-state index contributed by atoms with van der Waals surface area (Å²) in [5.41, 5.74) is 7.14. The van der Waals surface area contributed by atoms with E-state index in [9.17, 15) is 4.79 Å². The van der Waals surface area contributed by atoms with Gasteiger partial charge >= 0.3 is 0 Å². The van der Waals surface area contributed by atoms with Crippen molar-refractivity contribution in [1.82, 2.24) is 5.32 Å². The zero-order chi connectivity index (χ0) is 14.6. The molecule has 0 aliphatic heterocycles. The van der Waals surface area contributed by atoms with Crippen LogP contribution in [-0.2, 0) is 10.2 Å². The van der Waals surface area contributed by atoms with Crippen LogP contribution in [0.3, 0.4) is 0 Å². The Morgan fingerprint density at radius 3 is 2.80 bits per heavy atom. The van der Waals surface area contributed by atoms with Gasteiger partial charge in [-0.3, -0.25) is 4.79 Å². The highest BCUT2D eigenvalue weighted by Crippen LogP contribution is 2.43. The smallest absolute Gasteiger partial charge is 0.220 e. The van der Waals surface area contributed by atoms with E-state index in [0.29, 0.717) is 6.42 Å². The molecule has 110 valence electrons. The number of amides is 1. The van der Waals surface area contributed by atoms with Crippen molar-refractivity contribution >= 4 is 21.8 Å². The van der Waals surface area contributed by atoms with Gasteiger partial charge in [0, 0.05) is 28.9 Å². The first-order valence-electron chi connectivity index (χ1n) is 7.30. The van der Waals surface area contributed by atoms with E-state index in [1.54, 1.807) is 0 Å². The molecule has 20 heavy (non-hydrogen) atoms. The SMILES string of the molecule is CC(N)CCC(=O)NCC1(c2cccc(Br)c2)CCC1. The third-order valence-electron chi connectivity index (χ3n) is 4.20. The number of hydrogen-bond acceptors (Lipinski definition) is 2. The van der Waals surface area contributed by atoms with Crippen molar-refractivity contribution in [2.75, 3.05) is 6.54 Å². The highest BCUT2D eigenvalue weighted by molar-refractivity contribution is 9.10. The van der Waals surface area contributed by atoms with Crippen molar-refractivity contribution in [3.05, 3.63) is 34.3 Å². The van der Waals surface area contributed by atoms with Gasteiger partial charge in [-0.1, -0.05) is 34.5 Å². The zero-order valence-corrected chi connectivity index (χ0v) is 13.6. The number of nitrogens with two attached hydrogens (primary N) is 1. The largest absolute Gasteiger partial charge is 0.355 e. The second kappa shape index (κ2) is 6.72. The fourth-order valence-electron chi connectivity index (χ4n) is 2.70. The molecule has 0 spiro atoms. The highest BCUT2D eigenvalue weighted by Gasteiger charge is 2.38. The fourth-order valence-corrected chi connectivity index (χ4v) is 3.10. The molecule has 0 aromatic heterocycles. The van der Waals surface area contributed by atoms with Crippen LogP contribution in [0.15, 0.2) is 28.7 Å². The summed E-state index contributed by atoms with van der Waals surface area (Å²) >= 11 is 3.53. The molecule has 0 heterocycles. The van der Waals surface area contributed by atoms with Gasteiger partial charge in [0.15, 0.2) is 0 Å². The molecule has 0 radical (unpaired) electrons. The van der Waals surface area contributed by atoms with Crippen LogP contribution in [0.1, 0.15) is 44.6 Å². The van der Waals surface area contributed by atoms with E-state index >= 15 is 0 Å². The molecule has 2 rings (SSSR count). The Kier molecular flexibility index (Phi) is 5.22. The van der Waals surface area contributed by atoms with Crippen LogP contribution in [0.2, 0.25) is 0 Å².